The van der Waals surface area contributed by atoms with Crippen molar-refractivity contribution in [1.29, 1.82) is 0 Å². The Bertz CT molecular complexity index is 885. The van der Waals surface area contributed by atoms with Crippen LogP contribution in [0.1, 0.15) is 38.5 Å². The van der Waals surface area contributed by atoms with Gasteiger partial charge in [-0.2, -0.15) is 0 Å². The molecule has 0 heterocycles. The van der Waals surface area contributed by atoms with Crippen molar-refractivity contribution in [3.63, 3.8) is 0 Å². The van der Waals surface area contributed by atoms with E-state index < -0.39 is 10.9 Å². The highest BCUT2D eigenvalue weighted by Gasteiger charge is 2.25. The Morgan fingerprint density at radius 2 is 1.70 bits per heavy atom. The second-order valence-electron chi connectivity index (χ2n) is 7.04. The average Bonchev–Trinajstić information content (AvgIpc) is 2.91. The number of aromatic hydroxyl groups is 1. The van der Waals surface area contributed by atoms with Crippen LogP contribution in [0.4, 0.5) is 17.1 Å². The van der Waals surface area contributed by atoms with Crippen LogP contribution >= 0.6 is 23.5 Å². The summed E-state index contributed by atoms with van der Waals surface area (Å²) in [6.45, 7) is 0. The Labute approximate surface area is 167 Å². The summed E-state index contributed by atoms with van der Waals surface area (Å²) in [6.07, 6.45) is 6.65. The van der Waals surface area contributed by atoms with Crippen LogP contribution in [0.15, 0.2) is 26.6 Å². The fourth-order valence-corrected chi connectivity index (χ4v) is 4.30. The van der Waals surface area contributed by atoms with Crippen molar-refractivity contribution in [3.05, 3.63) is 37.6 Å². The molecule has 0 atom stereocenters. The Morgan fingerprint density at radius 3 is 2.33 bits per heavy atom. The summed E-state index contributed by atoms with van der Waals surface area (Å²) in [6, 6.07) is 3.46. The fraction of sp³-hybridized carbons (Fsp3) is 0.474. The molecule has 2 aromatic carbocycles. The summed E-state index contributed by atoms with van der Waals surface area (Å²) >= 11 is 7.45. The molecular formula is C19H24ClN3O3S. The minimum absolute atomic E-state index is 0.0466. The smallest absolute Gasteiger partial charge is 0.253 e. The molecule has 146 valence electrons. The monoisotopic (exact) mass is 409 g/mol. The number of rotatable bonds is 6. The van der Waals surface area contributed by atoms with Crippen LogP contribution in [-0.2, 0) is 0 Å². The number of nitrogens with zero attached hydrogens (tertiary/aromatic N) is 1. The summed E-state index contributed by atoms with van der Waals surface area (Å²) in [5, 5.41) is 17.1. The normalized spacial score (nSPS) is 15.9. The Kier molecular flexibility index (Phi) is 6.34. The van der Waals surface area contributed by atoms with Gasteiger partial charge in [-0.25, -0.2) is 0 Å². The minimum Gasteiger partial charge on any atom is -0.505 e. The molecule has 0 unspecified atom stereocenters. The van der Waals surface area contributed by atoms with Crippen molar-refractivity contribution >= 4 is 40.6 Å². The van der Waals surface area contributed by atoms with Crippen molar-refractivity contribution < 1.29 is 5.11 Å². The second kappa shape index (κ2) is 8.54. The van der Waals surface area contributed by atoms with E-state index in [9.17, 15) is 14.7 Å². The fourth-order valence-electron chi connectivity index (χ4n) is 3.33. The quantitative estimate of drug-likeness (QED) is 0.287. The molecule has 1 aliphatic rings. The number of nitrogens with one attached hydrogen (secondary N) is 2. The van der Waals surface area contributed by atoms with Gasteiger partial charge in [0.25, 0.3) is 10.9 Å². The van der Waals surface area contributed by atoms with Crippen LogP contribution in [0.5, 0.6) is 5.75 Å². The predicted molar refractivity (Wildman–Crippen MR) is 112 cm³/mol. The van der Waals surface area contributed by atoms with E-state index in [2.05, 4.69) is 10.6 Å². The maximum atomic E-state index is 12.1. The van der Waals surface area contributed by atoms with Gasteiger partial charge < -0.3 is 15.7 Å². The molecule has 8 heteroatoms. The molecule has 2 aromatic rings. The number of anilines is 3. The van der Waals surface area contributed by atoms with Crippen molar-refractivity contribution in [2.75, 3.05) is 24.7 Å². The average molecular weight is 410 g/mol. The summed E-state index contributed by atoms with van der Waals surface area (Å²) in [7, 11) is 3.68. The van der Waals surface area contributed by atoms with Gasteiger partial charge in [-0.3, -0.25) is 13.9 Å². The third kappa shape index (κ3) is 4.42. The third-order valence-corrected chi connectivity index (χ3v) is 6.12. The maximum Gasteiger partial charge on any atom is 0.253 e. The number of hydrogen-bond acceptors (Lipinski definition) is 7. The first-order valence-corrected chi connectivity index (χ1v) is 10.3. The van der Waals surface area contributed by atoms with Gasteiger partial charge in [-0.15, -0.1) is 0 Å². The Balaban J connectivity index is 1.83. The van der Waals surface area contributed by atoms with Crippen LogP contribution in [0, 0.1) is 0 Å². The lowest BCUT2D eigenvalue weighted by atomic mass is 10.1. The topological polar surface area (TPSA) is 81.7 Å². The summed E-state index contributed by atoms with van der Waals surface area (Å²) in [4.78, 5) is 24.7. The van der Waals surface area contributed by atoms with Crippen LogP contribution in [0.3, 0.4) is 0 Å². The largest absolute Gasteiger partial charge is 0.505 e. The number of halogens is 1. The second-order valence-corrected chi connectivity index (χ2v) is 8.77. The Hall–Kier alpha value is -1.70. The lowest BCUT2D eigenvalue weighted by molar-refractivity contribution is 0.464. The molecule has 6 nitrogen and oxygen atoms in total. The zero-order valence-corrected chi connectivity index (χ0v) is 17.0. The van der Waals surface area contributed by atoms with Crippen LogP contribution in [0.2, 0.25) is 5.02 Å². The molecule has 0 saturated heterocycles. The van der Waals surface area contributed by atoms with Crippen LogP contribution < -0.4 is 21.5 Å². The molecule has 1 saturated carbocycles. The lowest BCUT2D eigenvalue weighted by Gasteiger charge is -2.22. The van der Waals surface area contributed by atoms with Crippen LogP contribution in [0.25, 0.3) is 0 Å². The van der Waals surface area contributed by atoms with Gasteiger partial charge in [0.2, 0.25) is 0 Å². The Morgan fingerprint density at radius 1 is 1.07 bits per heavy atom. The zero-order valence-electron chi connectivity index (χ0n) is 15.5. The van der Waals surface area contributed by atoms with Crippen molar-refractivity contribution in [1.82, 2.24) is 4.31 Å². The van der Waals surface area contributed by atoms with Crippen LogP contribution in [-0.4, -0.2) is 29.5 Å². The molecule has 27 heavy (non-hydrogen) atoms. The molecule has 1 aliphatic carbocycles. The first-order chi connectivity index (χ1) is 12.9. The molecule has 0 radical (unpaired) electrons. The number of benzene rings is 1. The molecule has 3 N–H and O–H groups in total. The molecule has 1 fully saturated rings. The van der Waals surface area contributed by atoms with Gasteiger partial charge in [-0.1, -0.05) is 37.3 Å². The van der Waals surface area contributed by atoms with E-state index in [0.29, 0.717) is 21.3 Å². The van der Waals surface area contributed by atoms with Gasteiger partial charge in [0.1, 0.15) is 11.4 Å². The summed E-state index contributed by atoms with van der Waals surface area (Å²) in [5.74, 6) is -0.0466. The van der Waals surface area contributed by atoms with E-state index in [-0.39, 0.29) is 17.5 Å². The van der Waals surface area contributed by atoms with E-state index >= 15 is 0 Å². The third-order valence-electron chi connectivity index (χ3n) is 4.73. The van der Waals surface area contributed by atoms with E-state index in [4.69, 9.17) is 11.6 Å². The zero-order chi connectivity index (χ0) is 19.6. The van der Waals surface area contributed by atoms with Gasteiger partial charge in [0, 0.05) is 6.04 Å². The van der Waals surface area contributed by atoms with E-state index in [0.717, 1.165) is 25.7 Å². The first kappa shape index (κ1) is 20.0. The van der Waals surface area contributed by atoms with E-state index in [1.807, 2.05) is 14.1 Å². The standard InChI is InChI=1S/C19H24ClN3O3S/c1-23(2)27-19-12(20)9-10-13(16(19)24)22-15-14(17(25)18(15)26)21-11-7-5-3-4-6-8-11/h9-11,21-22,24H,3-8H2,1-2H3. The lowest BCUT2D eigenvalue weighted by Crippen LogP contribution is -2.39. The highest BCUT2D eigenvalue weighted by Crippen LogP contribution is 2.42. The summed E-state index contributed by atoms with van der Waals surface area (Å²) < 4.78 is 1.81. The molecular weight excluding hydrogens is 386 g/mol. The van der Waals surface area contributed by atoms with Gasteiger partial charge in [-0.05, 0) is 51.0 Å². The number of hydrogen-bond donors (Lipinski definition) is 3. The first-order valence-electron chi connectivity index (χ1n) is 9.12. The number of phenols is 1. The molecule has 0 amide bonds. The number of phenolic OH excluding ortho intramolecular Hbond substituents is 1. The van der Waals surface area contributed by atoms with Gasteiger partial charge in [0.15, 0.2) is 5.75 Å². The molecule has 0 bridgehead atoms. The van der Waals surface area contributed by atoms with Crippen molar-refractivity contribution in [2.24, 2.45) is 0 Å². The molecule has 3 rings (SSSR count). The molecule has 0 aromatic heterocycles. The van der Waals surface area contributed by atoms with Crippen molar-refractivity contribution in [3.8, 4) is 5.75 Å². The van der Waals surface area contributed by atoms with Gasteiger partial charge >= 0.3 is 0 Å². The predicted octanol–water partition coefficient (Wildman–Crippen LogP) is 4.09. The maximum absolute atomic E-state index is 12.1. The SMILES string of the molecule is CN(C)Sc1c(Cl)ccc(Nc2c(NC3CCCCCC3)c(=O)c2=O)c1O. The van der Waals surface area contributed by atoms with Gasteiger partial charge in [0.05, 0.1) is 15.6 Å². The van der Waals surface area contributed by atoms with E-state index in [1.165, 1.54) is 24.8 Å². The summed E-state index contributed by atoms with van der Waals surface area (Å²) in [5.41, 5.74) is -0.189. The highest BCUT2D eigenvalue weighted by atomic mass is 35.5. The highest BCUT2D eigenvalue weighted by molar-refractivity contribution is 7.97. The molecule has 0 spiro atoms. The van der Waals surface area contributed by atoms with E-state index in [1.54, 1.807) is 16.4 Å². The molecule has 0 aliphatic heterocycles. The minimum atomic E-state index is -0.567. The van der Waals surface area contributed by atoms with Crippen molar-refractivity contribution in [2.45, 2.75) is 49.5 Å².